The number of ketones is 1. The van der Waals surface area contributed by atoms with E-state index in [-0.39, 0.29) is 17.4 Å². The van der Waals surface area contributed by atoms with Crippen LogP contribution in [0.1, 0.15) is 41.9 Å². The van der Waals surface area contributed by atoms with Crippen molar-refractivity contribution in [1.29, 1.82) is 5.41 Å². The van der Waals surface area contributed by atoms with E-state index in [4.69, 9.17) is 16.3 Å². The van der Waals surface area contributed by atoms with E-state index >= 15 is 0 Å². The first-order chi connectivity index (χ1) is 17.4. The average molecular weight is 499 g/mol. The summed E-state index contributed by atoms with van der Waals surface area (Å²) in [5.41, 5.74) is 4.84. The first-order valence-corrected chi connectivity index (χ1v) is 12.3. The number of ether oxygens (including phenoxy) is 1. The van der Waals surface area contributed by atoms with Crippen LogP contribution in [0.15, 0.2) is 89.6 Å². The number of amidine groups is 1. The lowest BCUT2D eigenvalue weighted by Crippen LogP contribution is -2.42. The minimum atomic E-state index is -0.580. The van der Waals surface area contributed by atoms with Crippen LogP contribution in [0.4, 0.5) is 5.69 Å². The van der Waals surface area contributed by atoms with Gasteiger partial charge in [0.1, 0.15) is 17.3 Å². The van der Waals surface area contributed by atoms with E-state index in [1.165, 1.54) is 0 Å². The highest BCUT2D eigenvalue weighted by molar-refractivity contribution is 6.32. The lowest BCUT2D eigenvalue weighted by molar-refractivity contribution is -0.116. The Morgan fingerprint density at radius 3 is 2.44 bits per heavy atom. The van der Waals surface area contributed by atoms with Gasteiger partial charge in [0.25, 0.3) is 0 Å². The molecule has 0 saturated heterocycles. The number of hydrogen-bond acceptors (Lipinski definition) is 4. The van der Waals surface area contributed by atoms with Gasteiger partial charge in [-0.05, 0) is 55.2 Å². The Labute approximate surface area is 215 Å². The van der Waals surface area contributed by atoms with Crippen molar-refractivity contribution in [3.05, 3.63) is 111 Å². The van der Waals surface area contributed by atoms with Crippen LogP contribution >= 0.6 is 11.6 Å². The summed E-state index contributed by atoms with van der Waals surface area (Å²) in [5.74, 6) is 0.261. The second kappa shape index (κ2) is 9.67. The third kappa shape index (κ3) is 4.10. The molecular weight excluding hydrogens is 472 g/mol. The molecule has 3 aromatic carbocycles. The number of nitrogens with one attached hydrogen (secondary N) is 1. The predicted molar refractivity (Wildman–Crippen MR) is 144 cm³/mol. The molecule has 0 saturated carbocycles. The van der Waals surface area contributed by atoms with Gasteiger partial charge in [-0.3, -0.25) is 15.1 Å². The Morgan fingerprint density at radius 1 is 1.06 bits per heavy atom. The molecule has 0 radical (unpaired) electrons. The minimum Gasteiger partial charge on any atom is -0.507 e. The van der Waals surface area contributed by atoms with Gasteiger partial charge in [-0.15, -0.1) is 0 Å². The zero-order valence-electron chi connectivity index (χ0n) is 20.2. The topological polar surface area (TPSA) is 73.6 Å². The Morgan fingerprint density at radius 2 is 1.78 bits per heavy atom. The Hall–Kier alpha value is -3.83. The molecule has 0 amide bonds. The molecular formula is C30H27ClN2O3. The maximum absolute atomic E-state index is 13.5. The molecule has 0 bridgehead atoms. The second-order valence-corrected chi connectivity index (χ2v) is 9.50. The standard InChI is InChI=1S/C30H27ClN2O3/c1-18-11-14-21(17-23(18)31)33-24-9-6-10-25(34)27(24)26(19-12-15-22(36-2)16-13-19)28(30(33)32)29(35)20-7-4-3-5-8-20/h3-5,7-8,11-17,26,32,35H,6,9-10H2,1-2H3/b29-28+,32-30?. The highest BCUT2D eigenvalue weighted by Gasteiger charge is 2.43. The van der Waals surface area contributed by atoms with Crippen LogP contribution in [0.25, 0.3) is 5.76 Å². The number of allylic oxidation sites excluding steroid dienone is 2. The van der Waals surface area contributed by atoms with Gasteiger partial charge in [-0.25, -0.2) is 0 Å². The van der Waals surface area contributed by atoms with Crippen LogP contribution in [0.5, 0.6) is 5.75 Å². The van der Waals surface area contributed by atoms with Crippen LogP contribution in [-0.2, 0) is 4.79 Å². The number of benzene rings is 3. The molecule has 2 N–H and O–H groups in total. The number of hydrogen-bond donors (Lipinski definition) is 2. The summed E-state index contributed by atoms with van der Waals surface area (Å²) in [6, 6.07) is 22.3. The van der Waals surface area contributed by atoms with E-state index in [9.17, 15) is 15.3 Å². The zero-order chi connectivity index (χ0) is 25.4. The molecule has 1 heterocycles. The average Bonchev–Trinajstić information content (AvgIpc) is 2.90. The van der Waals surface area contributed by atoms with Gasteiger partial charge in [0, 0.05) is 45.5 Å². The summed E-state index contributed by atoms with van der Waals surface area (Å²) in [5, 5.41) is 21.6. The molecule has 1 aliphatic heterocycles. The normalized spacial score (nSPS) is 19.3. The van der Waals surface area contributed by atoms with Gasteiger partial charge in [-0.1, -0.05) is 60.1 Å². The third-order valence-corrected chi connectivity index (χ3v) is 7.33. The maximum atomic E-state index is 13.5. The van der Waals surface area contributed by atoms with Crippen molar-refractivity contribution in [3.63, 3.8) is 0 Å². The van der Waals surface area contributed by atoms with Gasteiger partial charge < -0.3 is 9.84 Å². The summed E-state index contributed by atoms with van der Waals surface area (Å²) in [6.45, 7) is 1.93. The number of anilines is 1. The SMILES string of the molecule is COc1ccc(C2C3=C(CCCC3=O)N(c3ccc(C)c(Cl)c3)C(=N)/C2=C(/O)c2ccccc2)cc1. The molecule has 6 heteroatoms. The smallest absolute Gasteiger partial charge is 0.161 e. The highest BCUT2D eigenvalue weighted by atomic mass is 35.5. The molecule has 36 heavy (non-hydrogen) atoms. The van der Waals surface area contributed by atoms with Crippen molar-refractivity contribution in [1.82, 2.24) is 0 Å². The van der Waals surface area contributed by atoms with Gasteiger partial charge in [-0.2, -0.15) is 0 Å². The van der Waals surface area contributed by atoms with E-state index in [0.717, 1.165) is 16.8 Å². The fraction of sp³-hybridized carbons (Fsp3) is 0.200. The quantitative estimate of drug-likeness (QED) is 0.372. The Kier molecular flexibility index (Phi) is 6.42. The van der Waals surface area contributed by atoms with E-state index < -0.39 is 5.92 Å². The first kappa shape index (κ1) is 23.9. The van der Waals surface area contributed by atoms with E-state index in [1.807, 2.05) is 67.6 Å². The Balaban J connectivity index is 1.81. The van der Waals surface area contributed by atoms with Crippen LogP contribution in [0.2, 0.25) is 5.02 Å². The second-order valence-electron chi connectivity index (χ2n) is 9.09. The molecule has 182 valence electrons. The largest absolute Gasteiger partial charge is 0.507 e. The summed E-state index contributed by atoms with van der Waals surface area (Å²) in [4.78, 5) is 15.3. The number of aliphatic hydroxyl groups is 1. The summed E-state index contributed by atoms with van der Waals surface area (Å²) >= 11 is 6.48. The fourth-order valence-corrected chi connectivity index (χ4v) is 5.25. The van der Waals surface area contributed by atoms with Crippen molar-refractivity contribution in [3.8, 4) is 5.75 Å². The zero-order valence-corrected chi connectivity index (χ0v) is 21.0. The lowest BCUT2D eigenvalue weighted by atomic mass is 9.73. The van der Waals surface area contributed by atoms with Gasteiger partial charge >= 0.3 is 0 Å². The monoisotopic (exact) mass is 498 g/mol. The first-order valence-electron chi connectivity index (χ1n) is 11.9. The fourth-order valence-electron chi connectivity index (χ4n) is 5.08. The van der Waals surface area contributed by atoms with Crippen molar-refractivity contribution in [2.75, 3.05) is 12.0 Å². The molecule has 0 spiro atoms. The number of aliphatic hydroxyl groups excluding tert-OH is 1. The molecule has 1 aliphatic carbocycles. The van der Waals surface area contributed by atoms with Gasteiger partial charge in [0.2, 0.25) is 0 Å². The summed E-state index contributed by atoms with van der Waals surface area (Å²) in [7, 11) is 1.60. The highest BCUT2D eigenvalue weighted by Crippen LogP contribution is 2.48. The third-order valence-electron chi connectivity index (χ3n) is 6.92. The van der Waals surface area contributed by atoms with Crippen LogP contribution in [0.3, 0.4) is 0 Å². The van der Waals surface area contributed by atoms with Crippen molar-refractivity contribution in [2.24, 2.45) is 0 Å². The van der Waals surface area contributed by atoms with Crippen molar-refractivity contribution in [2.45, 2.75) is 32.1 Å². The molecule has 5 nitrogen and oxygen atoms in total. The predicted octanol–water partition coefficient (Wildman–Crippen LogP) is 7.21. The number of Topliss-reactive ketones (excluding diaryl/α,β-unsaturated/α-hetero) is 1. The molecule has 0 aromatic heterocycles. The number of halogens is 1. The van der Waals surface area contributed by atoms with Crippen LogP contribution < -0.4 is 9.64 Å². The van der Waals surface area contributed by atoms with E-state index in [2.05, 4.69) is 0 Å². The summed E-state index contributed by atoms with van der Waals surface area (Å²) in [6.07, 6.45) is 1.79. The van der Waals surface area contributed by atoms with Crippen molar-refractivity contribution >= 4 is 34.7 Å². The van der Waals surface area contributed by atoms with E-state index in [1.54, 1.807) is 24.1 Å². The van der Waals surface area contributed by atoms with E-state index in [0.29, 0.717) is 52.4 Å². The van der Waals surface area contributed by atoms with Gasteiger partial charge in [0.15, 0.2) is 5.78 Å². The minimum absolute atomic E-state index is 0.0189. The molecule has 0 fully saturated rings. The molecule has 5 rings (SSSR count). The Bertz CT molecular complexity index is 1410. The van der Waals surface area contributed by atoms with Gasteiger partial charge in [0.05, 0.1) is 7.11 Å². The maximum Gasteiger partial charge on any atom is 0.161 e. The molecule has 1 atom stereocenters. The molecule has 3 aromatic rings. The number of nitrogens with zero attached hydrogens (tertiary/aromatic N) is 1. The van der Waals surface area contributed by atoms with Crippen molar-refractivity contribution < 1.29 is 14.6 Å². The number of rotatable bonds is 4. The number of carbonyl (C=O) groups is 1. The lowest BCUT2D eigenvalue weighted by Gasteiger charge is -2.42. The number of methoxy groups -OCH3 is 1. The molecule has 1 unspecified atom stereocenters. The van der Waals surface area contributed by atoms with Crippen LogP contribution in [0, 0.1) is 12.3 Å². The number of carbonyl (C=O) groups excluding carboxylic acids is 1. The number of aryl methyl sites for hydroxylation is 1. The molecule has 2 aliphatic rings. The van der Waals surface area contributed by atoms with Crippen LogP contribution in [-0.4, -0.2) is 23.8 Å². The summed E-state index contributed by atoms with van der Waals surface area (Å²) < 4.78 is 5.34.